The van der Waals surface area contributed by atoms with Gasteiger partial charge in [-0.1, -0.05) is 13.8 Å². The molecule has 0 aliphatic carbocycles. The molecule has 1 N–H and O–H groups in total. The first kappa shape index (κ1) is 16.7. The van der Waals surface area contributed by atoms with E-state index in [0.29, 0.717) is 18.7 Å². The van der Waals surface area contributed by atoms with Gasteiger partial charge in [0.15, 0.2) is 0 Å². The largest absolute Gasteiger partial charge is 0.355 e. The van der Waals surface area contributed by atoms with Crippen molar-refractivity contribution in [2.45, 2.75) is 31.6 Å². The quantitative estimate of drug-likeness (QED) is 0.835. The van der Waals surface area contributed by atoms with Crippen molar-refractivity contribution in [1.82, 2.24) is 9.62 Å². The molecule has 0 radical (unpaired) electrons. The first-order valence-corrected chi connectivity index (χ1v) is 8.23. The van der Waals surface area contributed by atoms with Crippen molar-refractivity contribution in [2.24, 2.45) is 0 Å². The van der Waals surface area contributed by atoms with E-state index in [4.69, 9.17) is 0 Å². The lowest BCUT2D eigenvalue weighted by molar-refractivity contribution is 0.0963. The monoisotopic (exact) mass is 298 g/mol. The average Bonchev–Trinajstić information content (AvgIpc) is 2.46. The standard InChI is InChI=1S/C14H22N2O3S/c1-4-10-16(11-5-2)20(18,19)13-8-6-12(7-9-13)14(17)15-3/h6-9H,4-5,10-11H2,1-3H3,(H,15,17). The predicted molar refractivity (Wildman–Crippen MR) is 79.2 cm³/mol. The fourth-order valence-corrected chi connectivity index (χ4v) is 3.55. The molecule has 0 aliphatic heterocycles. The van der Waals surface area contributed by atoms with E-state index < -0.39 is 10.0 Å². The molecule has 20 heavy (non-hydrogen) atoms. The lowest BCUT2D eigenvalue weighted by Gasteiger charge is -2.21. The highest BCUT2D eigenvalue weighted by atomic mass is 32.2. The number of carbonyl (C=O) groups excluding carboxylic acids is 1. The lowest BCUT2D eigenvalue weighted by atomic mass is 10.2. The second-order valence-corrected chi connectivity index (χ2v) is 6.45. The number of hydrogen-bond donors (Lipinski definition) is 1. The molecule has 1 aromatic carbocycles. The summed E-state index contributed by atoms with van der Waals surface area (Å²) in [6.07, 6.45) is 1.55. The van der Waals surface area contributed by atoms with Crippen molar-refractivity contribution in [1.29, 1.82) is 0 Å². The molecule has 6 heteroatoms. The third-order valence-corrected chi connectivity index (χ3v) is 4.84. The topological polar surface area (TPSA) is 66.5 Å². The molecule has 0 unspecified atom stereocenters. The van der Waals surface area contributed by atoms with E-state index in [1.165, 1.54) is 35.6 Å². The van der Waals surface area contributed by atoms with E-state index in [1.54, 1.807) is 0 Å². The Morgan fingerprint density at radius 2 is 1.60 bits per heavy atom. The fourth-order valence-electron chi connectivity index (χ4n) is 1.92. The van der Waals surface area contributed by atoms with Crippen molar-refractivity contribution in [2.75, 3.05) is 20.1 Å². The maximum Gasteiger partial charge on any atom is 0.251 e. The van der Waals surface area contributed by atoms with Crippen molar-refractivity contribution >= 4 is 15.9 Å². The summed E-state index contributed by atoms with van der Waals surface area (Å²) in [6.45, 7) is 4.92. The van der Waals surface area contributed by atoms with E-state index in [2.05, 4.69) is 5.32 Å². The van der Waals surface area contributed by atoms with Gasteiger partial charge in [-0.3, -0.25) is 4.79 Å². The van der Waals surface area contributed by atoms with Gasteiger partial charge in [-0.15, -0.1) is 0 Å². The Kier molecular flexibility index (Phi) is 6.16. The SMILES string of the molecule is CCCN(CCC)S(=O)(=O)c1ccc(C(=O)NC)cc1. The first-order valence-electron chi connectivity index (χ1n) is 6.79. The maximum atomic E-state index is 12.5. The predicted octanol–water partition coefficient (Wildman–Crippen LogP) is 1.86. The Bertz CT molecular complexity index is 532. The highest BCUT2D eigenvalue weighted by Crippen LogP contribution is 2.17. The molecule has 0 saturated carbocycles. The van der Waals surface area contributed by atoms with Gasteiger partial charge in [-0.05, 0) is 37.1 Å². The van der Waals surface area contributed by atoms with Gasteiger partial charge < -0.3 is 5.32 Å². The smallest absolute Gasteiger partial charge is 0.251 e. The van der Waals surface area contributed by atoms with Crippen LogP contribution in [0, 0.1) is 0 Å². The molecule has 0 heterocycles. The Labute approximate surface area is 121 Å². The summed E-state index contributed by atoms with van der Waals surface area (Å²) in [5.74, 6) is -0.229. The van der Waals surface area contributed by atoms with Crippen LogP contribution < -0.4 is 5.32 Å². The minimum Gasteiger partial charge on any atom is -0.355 e. The number of nitrogens with zero attached hydrogens (tertiary/aromatic N) is 1. The summed E-state index contributed by atoms with van der Waals surface area (Å²) in [5.41, 5.74) is 0.448. The second-order valence-electron chi connectivity index (χ2n) is 4.51. The zero-order valence-electron chi connectivity index (χ0n) is 12.2. The van der Waals surface area contributed by atoms with Crippen LogP contribution in [0.25, 0.3) is 0 Å². The van der Waals surface area contributed by atoms with Crippen LogP contribution in [0.3, 0.4) is 0 Å². The van der Waals surface area contributed by atoms with Crippen molar-refractivity contribution in [3.8, 4) is 0 Å². The lowest BCUT2D eigenvalue weighted by Crippen LogP contribution is -2.32. The summed E-state index contributed by atoms with van der Waals surface area (Å²) in [4.78, 5) is 11.7. The van der Waals surface area contributed by atoms with Gasteiger partial charge in [0.1, 0.15) is 0 Å². The Morgan fingerprint density at radius 3 is 2.00 bits per heavy atom. The Hall–Kier alpha value is -1.40. The molecule has 0 fully saturated rings. The van der Waals surface area contributed by atoms with Crippen LogP contribution in [0.2, 0.25) is 0 Å². The van der Waals surface area contributed by atoms with Crippen LogP contribution in [0.4, 0.5) is 0 Å². The molecule has 112 valence electrons. The molecule has 1 aromatic rings. The molecule has 0 bridgehead atoms. The maximum absolute atomic E-state index is 12.5. The van der Waals surface area contributed by atoms with Crippen molar-refractivity contribution in [3.05, 3.63) is 29.8 Å². The fraction of sp³-hybridized carbons (Fsp3) is 0.500. The minimum absolute atomic E-state index is 0.229. The number of sulfonamides is 1. The van der Waals surface area contributed by atoms with Crippen LogP contribution >= 0.6 is 0 Å². The summed E-state index contributed by atoms with van der Waals surface area (Å²) < 4.78 is 26.5. The zero-order valence-corrected chi connectivity index (χ0v) is 13.0. The van der Waals surface area contributed by atoms with Gasteiger partial charge in [0.05, 0.1) is 4.90 Å². The molecule has 1 amide bonds. The summed E-state index contributed by atoms with van der Waals surface area (Å²) in [7, 11) is -1.93. The molecule has 0 spiro atoms. The van der Waals surface area contributed by atoms with Crippen LogP contribution in [-0.4, -0.2) is 38.8 Å². The molecular weight excluding hydrogens is 276 g/mol. The molecule has 0 atom stereocenters. The zero-order chi connectivity index (χ0) is 15.2. The van der Waals surface area contributed by atoms with E-state index in [0.717, 1.165) is 12.8 Å². The van der Waals surface area contributed by atoms with Crippen LogP contribution in [0.1, 0.15) is 37.0 Å². The first-order chi connectivity index (χ1) is 9.47. The summed E-state index contributed by atoms with van der Waals surface area (Å²) in [6, 6.07) is 6.03. The van der Waals surface area contributed by atoms with E-state index in [1.807, 2.05) is 13.8 Å². The number of hydrogen-bond acceptors (Lipinski definition) is 3. The van der Waals surface area contributed by atoms with E-state index >= 15 is 0 Å². The minimum atomic E-state index is -3.47. The normalized spacial score (nSPS) is 11.6. The number of rotatable bonds is 7. The van der Waals surface area contributed by atoms with Gasteiger partial charge in [0.2, 0.25) is 10.0 Å². The third-order valence-electron chi connectivity index (χ3n) is 2.93. The molecule has 5 nitrogen and oxygen atoms in total. The van der Waals surface area contributed by atoms with Crippen LogP contribution in [-0.2, 0) is 10.0 Å². The Balaban J connectivity index is 3.05. The van der Waals surface area contributed by atoms with Gasteiger partial charge >= 0.3 is 0 Å². The van der Waals surface area contributed by atoms with Crippen LogP contribution in [0.15, 0.2) is 29.2 Å². The van der Waals surface area contributed by atoms with Gasteiger partial charge in [-0.2, -0.15) is 4.31 Å². The number of carbonyl (C=O) groups is 1. The van der Waals surface area contributed by atoms with E-state index in [-0.39, 0.29) is 10.8 Å². The number of nitrogens with one attached hydrogen (secondary N) is 1. The second kappa shape index (κ2) is 7.40. The highest BCUT2D eigenvalue weighted by molar-refractivity contribution is 7.89. The molecule has 1 rings (SSSR count). The third kappa shape index (κ3) is 3.80. The molecule has 0 aromatic heterocycles. The molecule has 0 aliphatic rings. The molecular formula is C14H22N2O3S. The highest BCUT2D eigenvalue weighted by Gasteiger charge is 2.23. The summed E-state index contributed by atoms with van der Waals surface area (Å²) >= 11 is 0. The number of amides is 1. The van der Waals surface area contributed by atoms with Crippen molar-refractivity contribution < 1.29 is 13.2 Å². The summed E-state index contributed by atoms with van der Waals surface area (Å²) in [5, 5.41) is 2.50. The molecule has 0 saturated heterocycles. The van der Waals surface area contributed by atoms with Crippen LogP contribution in [0.5, 0.6) is 0 Å². The van der Waals surface area contributed by atoms with Gasteiger partial charge in [0, 0.05) is 25.7 Å². The van der Waals surface area contributed by atoms with E-state index in [9.17, 15) is 13.2 Å². The van der Waals surface area contributed by atoms with Gasteiger partial charge in [0.25, 0.3) is 5.91 Å². The van der Waals surface area contributed by atoms with Gasteiger partial charge in [-0.25, -0.2) is 8.42 Å². The number of benzene rings is 1. The average molecular weight is 298 g/mol. The Morgan fingerprint density at radius 1 is 1.10 bits per heavy atom. The van der Waals surface area contributed by atoms with Crippen molar-refractivity contribution in [3.63, 3.8) is 0 Å².